The molecule has 0 fully saturated rings. The summed E-state index contributed by atoms with van der Waals surface area (Å²) >= 11 is 1.17. The highest BCUT2D eigenvalue weighted by Gasteiger charge is 2.32. The van der Waals surface area contributed by atoms with E-state index in [0.717, 1.165) is 17.7 Å². The van der Waals surface area contributed by atoms with Crippen molar-refractivity contribution in [1.29, 1.82) is 0 Å². The molecule has 3 rings (SSSR count). The molecule has 0 spiro atoms. The summed E-state index contributed by atoms with van der Waals surface area (Å²) < 4.78 is 38.2. The van der Waals surface area contributed by atoms with Crippen LogP contribution in [0.5, 0.6) is 11.5 Å². The first kappa shape index (κ1) is 17.8. The lowest BCUT2D eigenvalue weighted by Gasteiger charge is -2.17. The van der Waals surface area contributed by atoms with Crippen molar-refractivity contribution in [2.24, 2.45) is 0 Å². The van der Waals surface area contributed by atoms with Gasteiger partial charge in [0, 0.05) is 12.0 Å². The number of sulfonamides is 1. The van der Waals surface area contributed by atoms with Crippen LogP contribution in [0.25, 0.3) is 0 Å². The number of ether oxygens (including phenoxy) is 2. The Hall–Kier alpha value is -2.01. The molecule has 2 aromatic rings. The van der Waals surface area contributed by atoms with Gasteiger partial charge in [0.05, 0.1) is 6.54 Å². The van der Waals surface area contributed by atoms with Gasteiger partial charge in [-0.3, -0.25) is 0 Å². The van der Waals surface area contributed by atoms with Crippen LogP contribution in [-0.2, 0) is 16.4 Å². The van der Waals surface area contributed by atoms with E-state index in [0.29, 0.717) is 5.75 Å². The summed E-state index contributed by atoms with van der Waals surface area (Å²) in [6.07, 6.45) is 0.843. The molecule has 0 saturated carbocycles. The van der Waals surface area contributed by atoms with E-state index in [9.17, 15) is 8.42 Å². The Balaban J connectivity index is 1.52. The van der Waals surface area contributed by atoms with Crippen molar-refractivity contribution in [1.82, 2.24) is 4.72 Å². The van der Waals surface area contributed by atoms with E-state index in [1.807, 2.05) is 32.0 Å². The van der Waals surface area contributed by atoms with Crippen LogP contribution >= 0.6 is 11.3 Å². The Bertz CT molecular complexity index is 906. The maximum absolute atomic E-state index is 11.9. The van der Waals surface area contributed by atoms with Crippen LogP contribution < -0.4 is 14.2 Å². The maximum Gasteiger partial charge on any atom is 0.250 e. The average Bonchev–Trinajstić information content (AvgIpc) is 3.17. The third kappa shape index (κ3) is 4.34. The Labute approximate surface area is 152 Å². The molecule has 1 N–H and O–H groups in total. The van der Waals surface area contributed by atoms with E-state index in [4.69, 9.17) is 9.47 Å². The van der Waals surface area contributed by atoms with Crippen LogP contribution in [0.4, 0.5) is 0 Å². The van der Waals surface area contributed by atoms with Crippen LogP contribution in [0.15, 0.2) is 39.9 Å². The van der Waals surface area contributed by atoms with Crippen molar-refractivity contribution in [2.45, 2.75) is 30.1 Å². The minimum absolute atomic E-state index is 0.0417. The van der Waals surface area contributed by atoms with Crippen molar-refractivity contribution < 1.29 is 17.9 Å². The Morgan fingerprint density at radius 1 is 1.28 bits per heavy atom. The van der Waals surface area contributed by atoms with Gasteiger partial charge in [0.25, 0.3) is 10.0 Å². The van der Waals surface area contributed by atoms with Crippen molar-refractivity contribution in [2.75, 3.05) is 13.2 Å². The zero-order valence-electron chi connectivity index (χ0n) is 14.0. The topological polar surface area (TPSA) is 64.6 Å². The van der Waals surface area contributed by atoms with Gasteiger partial charge in [-0.15, -0.1) is 11.3 Å². The molecule has 1 aromatic heterocycles. The predicted octanol–water partition coefficient (Wildman–Crippen LogP) is 2.82. The van der Waals surface area contributed by atoms with Crippen molar-refractivity contribution >= 4 is 21.4 Å². The standard InChI is InChI=1S/C18H19NO4S2/c1-18(2)13-14-7-5-8-15(17(14)23-18)22-11-4-3-10-19-25(20,21)16-9-6-12-24-16/h5-9,12,19H,10-11,13H2,1-2H3. The fraction of sp³-hybridized carbons (Fsp3) is 0.333. The maximum atomic E-state index is 11.9. The normalized spacial score (nSPS) is 15.0. The second-order valence-electron chi connectivity index (χ2n) is 6.18. The number of rotatable bonds is 5. The summed E-state index contributed by atoms with van der Waals surface area (Å²) in [6.45, 7) is 4.29. The highest BCUT2D eigenvalue weighted by Crippen LogP contribution is 2.41. The lowest BCUT2D eigenvalue weighted by Crippen LogP contribution is -2.24. The molecule has 132 valence electrons. The Morgan fingerprint density at radius 3 is 2.88 bits per heavy atom. The van der Waals surface area contributed by atoms with Crippen LogP contribution in [0.1, 0.15) is 19.4 Å². The molecule has 0 atom stereocenters. The molecule has 0 bridgehead atoms. The summed E-state index contributed by atoms with van der Waals surface area (Å²) in [6, 6.07) is 9.06. The first-order valence-electron chi connectivity index (χ1n) is 7.80. The quantitative estimate of drug-likeness (QED) is 0.814. The van der Waals surface area contributed by atoms with E-state index in [-0.39, 0.29) is 23.0 Å². The first-order chi connectivity index (χ1) is 11.9. The SMILES string of the molecule is CC1(C)Cc2cccc(OCC#CCNS(=O)(=O)c3cccs3)c2O1. The molecular formula is C18H19NO4S2. The fourth-order valence-corrected chi connectivity index (χ4v) is 4.51. The van der Waals surface area contributed by atoms with Crippen LogP contribution in [-0.4, -0.2) is 27.2 Å². The van der Waals surface area contributed by atoms with E-state index >= 15 is 0 Å². The molecule has 0 saturated heterocycles. The summed E-state index contributed by atoms with van der Waals surface area (Å²) in [5.74, 6) is 7.00. The second-order valence-corrected chi connectivity index (χ2v) is 9.12. The van der Waals surface area contributed by atoms with Crippen LogP contribution in [0.2, 0.25) is 0 Å². The Morgan fingerprint density at radius 2 is 2.12 bits per heavy atom. The molecule has 1 aromatic carbocycles. The third-order valence-corrected chi connectivity index (χ3v) is 6.39. The number of fused-ring (bicyclic) bond motifs is 1. The molecule has 25 heavy (non-hydrogen) atoms. The fourth-order valence-electron chi connectivity index (χ4n) is 2.55. The molecule has 1 aliphatic heterocycles. The van der Waals surface area contributed by atoms with Gasteiger partial charge in [-0.2, -0.15) is 4.72 Å². The Kier molecular flexibility index (Phi) is 5.04. The van der Waals surface area contributed by atoms with Gasteiger partial charge in [0.2, 0.25) is 0 Å². The van der Waals surface area contributed by atoms with Gasteiger partial charge < -0.3 is 9.47 Å². The number of nitrogens with one attached hydrogen (secondary N) is 1. The van der Waals surface area contributed by atoms with Crippen LogP contribution in [0, 0.1) is 11.8 Å². The van der Waals surface area contributed by atoms with Gasteiger partial charge >= 0.3 is 0 Å². The lowest BCUT2D eigenvalue weighted by atomic mass is 10.0. The summed E-state index contributed by atoms with van der Waals surface area (Å²) in [5.41, 5.74) is 0.896. The highest BCUT2D eigenvalue weighted by molar-refractivity contribution is 7.91. The second kappa shape index (κ2) is 7.08. The molecular weight excluding hydrogens is 358 g/mol. The molecule has 7 heteroatoms. The zero-order chi connectivity index (χ0) is 17.9. The van der Waals surface area contributed by atoms with Crippen molar-refractivity contribution in [3.63, 3.8) is 0 Å². The smallest absolute Gasteiger partial charge is 0.250 e. The number of benzene rings is 1. The number of hydrogen-bond acceptors (Lipinski definition) is 5. The van der Waals surface area contributed by atoms with E-state index < -0.39 is 10.0 Å². The molecule has 1 aliphatic rings. The number of hydrogen-bond donors (Lipinski definition) is 1. The van der Waals surface area contributed by atoms with Crippen LogP contribution in [0.3, 0.4) is 0 Å². The summed E-state index contributed by atoms with van der Waals surface area (Å²) in [7, 11) is -3.47. The number of thiophene rings is 1. The zero-order valence-corrected chi connectivity index (χ0v) is 15.7. The van der Waals surface area contributed by atoms with E-state index in [1.165, 1.54) is 11.3 Å². The largest absolute Gasteiger partial charge is 0.483 e. The summed E-state index contributed by atoms with van der Waals surface area (Å²) in [4.78, 5) is 0. The number of para-hydroxylation sites is 1. The van der Waals surface area contributed by atoms with Crippen molar-refractivity contribution in [3.8, 4) is 23.3 Å². The molecule has 0 amide bonds. The third-order valence-electron chi connectivity index (χ3n) is 3.59. The van der Waals surface area contributed by atoms with Gasteiger partial charge in [0.15, 0.2) is 11.5 Å². The average molecular weight is 377 g/mol. The van der Waals surface area contributed by atoms with Gasteiger partial charge in [0.1, 0.15) is 16.4 Å². The van der Waals surface area contributed by atoms with E-state index in [1.54, 1.807) is 17.5 Å². The van der Waals surface area contributed by atoms with E-state index in [2.05, 4.69) is 16.6 Å². The van der Waals surface area contributed by atoms with Gasteiger partial charge in [-0.05, 0) is 31.4 Å². The molecule has 5 nitrogen and oxygen atoms in total. The molecule has 2 heterocycles. The molecule has 0 aliphatic carbocycles. The monoisotopic (exact) mass is 377 g/mol. The molecule has 0 unspecified atom stereocenters. The summed E-state index contributed by atoms with van der Waals surface area (Å²) in [5, 5.41) is 1.72. The first-order valence-corrected chi connectivity index (χ1v) is 10.2. The predicted molar refractivity (Wildman–Crippen MR) is 97.6 cm³/mol. The minimum Gasteiger partial charge on any atom is -0.483 e. The van der Waals surface area contributed by atoms with Gasteiger partial charge in [-0.25, -0.2) is 8.42 Å². The molecule has 0 radical (unpaired) electrons. The van der Waals surface area contributed by atoms with Crippen molar-refractivity contribution in [3.05, 3.63) is 41.3 Å². The minimum atomic E-state index is -3.47. The van der Waals surface area contributed by atoms with Gasteiger partial charge in [-0.1, -0.05) is 30.0 Å². The highest BCUT2D eigenvalue weighted by atomic mass is 32.2. The lowest BCUT2D eigenvalue weighted by molar-refractivity contribution is 0.133.